The van der Waals surface area contributed by atoms with Gasteiger partial charge in [0.1, 0.15) is 0 Å². The topological polar surface area (TPSA) is 49.6 Å². The lowest BCUT2D eigenvalue weighted by molar-refractivity contribution is 0.0294. The van der Waals surface area contributed by atoms with Crippen LogP contribution in [0.3, 0.4) is 0 Å². The Morgan fingerprint density at radius 3 is 2.31 bits per heavy atom. The van der Waals surface area contributed by atoms with Gasteiger partial charge < -0.3 is 10.6 Å². The van der Waals surface area contributed by atoms with Gasteiger partial charge in [0, 0.05) is 30.2 Å². The van der Waals surface area contributed by atoms with Crippen LogP contribution in [0.4, 0.5) is 0 Å². The number of fused-ring (bicyclic) bond motifs is 1. The summed E-state index contributed by atoms with van der Waals surface area (Å²) in [5.41, 5.74) is 11.0. The number of nitrogens with zero attached hydrogens (tertiary/aromatic N) is 2. The summed E-state index contributed by atoms with van der Waals surface area (Å²) < 4.78 is 0. The molecule has 5 rings (SSSR count). The van der Waals surface area contributed by atoms with Crippen LogP contribution >= 0.6 is 0 Å². The molecular weight excluding hydrogens is 358 g/mol. The fourth-order valence-corrected chi connectivity index (χ4v) is 5.73. The Labute approximate surface area is 173 Å². The Hall–Kier alpha value is -2.17. The van der Waals surface area contributed by atoms with E-state index in [1.807, 2.05) is 6.07 Å². The Morgan fingerprint density at radius 2 is 1.59 bits per heavy atom. The van der Waals surface area contributed by atoms with Crippen LogP contribution < -0.4 is 5.73 Å². The highest BCUT2D eigenvalue weighted by molar-refractivity contribution is 5.94. The zero-order chi connectivity index (χ0) is 19.8. The van der Waals surface area contributed by atoms with E-state index >= 15 is 0 Å². The van der Waals surface area contributed by atoms with Crippen LogP contribution in [0.15, 0.2) is 48.5 Å². The Morgan fingerprint density at radius 1 is 0.897 bits per heavy atom. The first-order valence-electron chi connectivity index (χ1n) is 11.1. The van der Waals surface area contributed by atoms with Gasteiger partial charge in [-0.25, -0.2) is 0 Å². The van der Waals surface area contributed by atoms with Gasteiger partial charge in [-0.05, 0) is 80.4 Å². The zero-order valence-electron chi connectivity index (χ0n) is 17.1. The molecule has 0 saturated carbocycles. The van der Waals surface area contributed by atoms with Gasteiger partial charge in [0.05, 0.1) is 0 Å². The van der Waals surface area contributed by atoms with E-state index in [9.17, 15) is 4.79 Å². The Kier molecular flexibility index (Phi) is 4.92. The normalized spacial score (nSPS) is 23.9. The largest absolute Gasteiger partial charge is 0.338 e. The highest BCUT2D eigenvalue weighted by Crippen LogP contribution is 2.41. The first kappa shape index (κ1) is 18.8. The third-order valence-corrected chi connectivity index (χ3v) is 7.32. The van der Waals surface area contributed by atoms with Gasteiger partial charge in [-0.15, -0.1) is 0 Å². The number of piperidine rings is 1. The molecule has 2 aromatic carbocycles. The molecule has 2 fully saturated rings. The number of carbonyl (C=O) groups excluding carboxylic acids is 1. The standard InChI is InChI=1S/C25H31N3O/c26-23-17-19-8-9-20(16-21(19)18-23)24(29)27-14-10-25(11-15-27,28-12-4-5-13-28)22-6-2-1-3-7-22/h1-3,6-9,16,23H,4-5,10-15,17-18,26H2. The zero-order valence-corrected chi connectivity index (χ0v) is 17.1. The van der Waals surface area contributed by atoms with E-state index in [0.717, 1.165) is 44.3 Å². The minimum atomic E-state index is 0.0826. The number of carbonyl (C=O) groups is 1. The fourth-order valence-electron chi connectivity index (χ4n) is 5.73. The highest BCUT2D eigenvalue weighted by Gasteiger charge is 2.43. The molecule has 3 aliphatic rings. The van der Waals surface area contributed by atoms with Crippen molar-refractivity contribution < 1.29 is 4.79 Å². The van der Waals surface area contributed by atoms with Crippen molar-refractivity contribution in [1.29, 1.82) is 0 Å². The fraction of sp³-hybridized carbons (Fsp3) is 0.480. The SMILES string of the molecule is NC1Cc2ccc(C(=O)N3CCC(c4ccccc4)(N4CCCC4)CC3)cc2C1. The van der Waals surface area contributed by atoms with Crippen molar-refractivity contribution in [2.45, 2.75) is 50.1 Å². The molecule has 29 heavy (non-hydrogen) atoms. The molecule has 0 radical (unpaired) electrons. The lowest BCUT2D eigenvalue weighted by atomic mass is 9.79. The summed E-state index contributed by atoms with van der Waals surface area (Å²) in [7, 11) is 0. The lowest BCUT2D eigenvalue weighted by Gasteiger charge is -2.48. The predicted molar refractivity (Wildman–Crippen MR) is 116 cm³/mol. The molecule has 0 spiro atoms. The van der Waals surface area contributed by atoms with Gasteiger partial charge in [-0.1, -0.05) is 36.4 Å². The maximum Gasteiger partial charge on any atom is 0.253 e. The minimum absolute atomic E-state index is 0.0826. The summed E-state index contributed by atoms with van der Waals surface area (Å²) in [4.78, 5) is 18.0. The van der Waals surface area contributed by atoms with Crippen molar-refractivity contribution >= 4 is 5.91 Å². The van der Waals surface area contributed by atoms with E-state index in [4.69, 9.17) is 5.73 Å². The average Bonchev–Trinajstić information content (AvgIpc) is 3.42. The van der Waals surface area contributed by atoms with Gasteiger partial charge in [0.15, 0.2) is 0 Å². The number of nitrogens with two attached hydrogens (primary N) is 1. The summed E-state index contributed by atoms with van der Waals surface area (Å²) in [5.74, 6) is 0.177. The first-order chi connectivity index (χ1) is 14.2. The van der Waals surface area contributed by atoms with E-state index in [-0.39, 0.29) is 17.5 Å². The number of benzene rings is 2. The summed E-state index contributed by atoms with van der Waals surface area (Å²) in [6.07, 6.45) is 6.42. The molecule has 4 nitrogen and oxygen atoms in total. The number of likely N-dealkylation sites (tertiary alicyclic amines) is 2. The second kappa shape index (κ2) is 7.58. The second-order valence-electron chi connectivity index (χ2n) is 9.04. The smallest absolute Gasteiger partial charge is 0.253 e. The molecule has 4 heteroatoms. The molecule has 0 aromatic heterocycles. The summed E-state index contributed by atoms with van der Waals surface area (Å²) >= 11 is 0. The van der Waals surface area contributed by atoms with Crippen LogP contribution in [0.25, 0.3) is 0 Å². The third-order valence-electron chi connectivity index (χ3n) is 7.32. The Balaban J connectivity index is 1.35. The van der Waals surface area contributed by atoms with E-state index in [1.54, 1.807) is 0 Å². The van der Waals surface area contributed by atoms with Crippen LogP contribution in [0, 0.1) is 0 Å². The number of amides is 1. The lowest BCUT2D eigenvalue weighted by Crippen LogP contribution is -2.53. The second-order valence-corrected chi connectivity index (χ2v) is 9.04. The van der Waals surface area contributed by atoms with Crippen molar-refractivity contribution in [1.82, 2.24) is 9.80 Å². The molecule has 2 aromatic rings. The van der Waals surface area contributed by atoms with Crippen molar-refractivity contribution in [2.24, 2.45) is 5.73 Å². The quantitative estimate of drug-likeness (QED) is 0.876. The molecule has 0 bridgehead atoms. The van der Waals surface area contributed by atoms with E-state index in [0.29, 0.717) is 0 Å². The third kappa shape index (κ3) is 3.38. The van der Waals surface area contributed by atoms with Crippen molar-refractivity contribution in [3.8, 4) is 0 Å². The van der Waals surface area contributed by atoms with Crippen LogP contribution in [-0.4, -0.2) is 47.9 Å². The van der Waals surface area contributed by atoms with Crippen molar-refractivity contribution in [3.05, 3.63) is 70.8 Å². The number of hydrogen-bond donors (Lipinski definition) is 1. The molecule has 2 N–H and O–H groups in total. The van der Waals surface area contributed by atoms with Gasteiger partial charge in [0.25, 0.3) is 5.91 Å². The highest BCUT2D eigenvalue weighted by atomic mass is 16.2. The monoisotopic (exact) mass is 389 g/mol. The van der Waals surface area contributed by atoms with Crippen LogP contribution in [0.2, 0.25) is 0 Å². The van der Waals surface area contributed by atoms with Gasteiger partial charge >= 0.3 is 0 Å². The summed E-state index contributed by atoms with van der Waals surface area (Å²) in [6.45, 7) is 3.99. The molecule has 2 aliphatic heterocycles. The van der Waals surface area contributed by atoms with Gasteiger partial charge in [0.2, 0.25) is 0 Å². The maximum absolute atomic E-state index is 13.2. The predicted octanol–water partition coefficient (Wildman–Crippen LogP) is 3.34. The van der Waals surface area contributed by atoms with Gasteiger partial charge in [-0.3, -0.25) is 9.69 Å². The molecule has 1 atom stereocenters. The molecule has 1 amide bonds. The maximum atomic E-state index is 13.2. The molecule has 2 heterocycles. The van der Waals surface area contributed by atoms with E-state index in [1.165, 1.54) is 42.6 Å². The van der Waals surface area contributed by atoms with E-state index in [2.05, 4.69) is 52.3 Å². The molecule has 1 aliphatic carbocycles. The summed E-state index contributed by atoms with van der Waals surface area (Å²) in [5, 5.41) is 0. The average molecular weight is 390 g/mol. The number of hydrogen-bond acceptors (Lipinski definition) is 3. The Bertz CT molecular complexity index is 880. The minimum Gasteiger partial charge on any atom is -0.338 e. The molecule has 152 valence electrons. The van der Waals surface area contributed by atoms with Crippen molar-refractivity contribution in [2.75, 3.05) is 26.2 Å². The van der Waals surface area contributed by atoms with Gasteiger partial charge in [-0.2, -0.15) is 0 Å². The summed E-state index contributed by atoms with van der Waals surface area (Å²) in [6, 6.07) is 17.4. The van der Waals surface area contributed by atoms with Crippen LogP contribution in [0.1, 0.15) is 52.7 Å². The first-order valence-corrected chi connectivity index (χ1v) is 11.1. The van der Waals surface area contributed by atoms with Crippen LogP contribution in [0.5, 0.6) is 0 Å². The van der Waals surface area contributed by atoms with Crippen molar-refractivity contribution in [3.63, 3.8) is 0 Å². The molecule has 2 saturated heterocycles. The molecular formula is C25H31N3O. The molecule has 1 unspecified atom stereocenters. The van der Waals surface area contributed by atoms with E-state index < -0.39 is 0 Å². The number of rotatable bonds is 3. The van der Waals surface area contributed by atoms with Crippen LogP contribution in [-0.2, 0) is 18.4 Å².